The van der Waals surface area contributed by atoms with Gasteiger partial charge in [-0.15, -0.1) is 0 Å². The van der Waals surface area contributed by atoms with Gasteiger partial charge in [0.1, 0.15) is 5.65 Å². The Morgan fingerprint density at radius 1 is 1.00 bits per heavy atom. The molecule has 1 saturated heterocycles. The molecular weight excluding hydrogens is 324 g/mol. The number of pyridine rings is 1. The van der Waals surface area contributed by atoms with Crippen molar-refractivity contribution in [3.05, 3.63) is 66.1 Å². The van der Waals surface area contributed by atoms with Gasteiger partial charge in [-0.3, -0.25) is 4.79 Å². The van der Waals surface area contributed by atoms with E-state index >= 15 is 0 Å². The zero-order valence-corrected chi connectivity index (χ0v) is 15.1. The second-order valence-corrected chi connectivity index (χ2v) is 6.78. The average molecular weight is 348 g/mol. The highest BCUT2D eigenvalue weighted by molar-refractivity contribution is 5.76. The van der Waals surface area contributed by atoms with Crippen LogP contribution in [0, 0.1) is 6.92 Å². The lowest BCUT2D eigenvalue weighted by Gasteiger charge is -2.36. The van der Waals surface area contributed by atoms with Gasteiger partial charge < -0.3 is 14.2 Å². The van der Waals surface area contributed by atoms with Crippen LogP contribution in [0.15, 0.2) is 54.7 Å². The first-order chi connectivity index (χ1) is 12.7. The number of hydrogen-bond acceptors (Lipinski definition) is 3. The molecule has 3 aromatic rings. The van der Waals surface area contributed by atoms with Crippen molar-refractivity contribution in [3.8, 4) is 0 Å². The van der Waals surface area contributed by atoms with Gasteiger partial charge in [-0.05, 0) is 37.6 Å². The number of piperazine rings is 1. The summed E-state index contributed by atoms with van der Waals surface area (Å²) in [6.07, 6.45) is 3.29. The van der Waals surface area contributed by atoms with Gasteiger partial charge in [0, 0.05) is 50.2 Å². The van der Waals surface area contributed by atoms with Crippen LogP contribution in [0.1, 0.15) is 17.8 Å². The topological polar surface area (TPSA) is 40.9 Å². The van der Waals surface area contributed by atoms with E-state index in [9.17, 15) is 4.79 Å². The molecule has 0 spiro atoms. The molecule has 0 atom stereocenters. The van der Waals surface area contributed by atoms with Crippen molar-refractivity contribution in [2.24, 2.45) is 0 Å². The van der Waals surface area contributed by atoms with E-state index in [0.717, 1.165) is 49.6 Å². The summed E-state index contributed by atoms with van der Waals surface area (Å²) in [4.78, 5) is 21.6. The normalized spacial score (nSPS) is 14.8. The molecule has 0 saturated carbocycles. The van der Waals surface area contributed by atoms with E-state index in [1.165, 1.54) is 5.69 Å². The minimum atomic E-state index is 0.239. The fourth-order valence-electron chi connectivity index (χ4n) is 3.70. The third-order valence-corrected chi connectivity index (χ3v) is 5.16. The van der Waals surface area contributed by atoms with E-state index < -0.39 is 0 Å². The Balaban J connectivity index is 1.35. The Morgan fingerprint density at radius 3 is 2.50 bits per heavy atom. The summed E-state index contributed by atoms with van der Waals surface area (Å²) in [6, 6.07) is 16.4. The molecule has 1 aliphatic heterocycles. The maximum atomic E-state index is 12.7. The quantitative estimate of drug-likeness (QED) is 0.728. The Bertz CT molecular complexity index is 895. The third-order valence-electron chi connectivity index (χ3n) is 5.16. The number of fused-ring (bicyclic) bond motifs is 1. The molecule has 4 rings (SSSR count). The Labute approximate surface area is 153 Å². The summed E-state index contributed by atoms with van der Waals surface area (Å²) in [5.41, 5.74) is 4.33. The van der Waals surface area contributed by atoms with Crippen molar-refractivity contribution in [1.29, 1.82) is 0 Å². The van der Waals surface area contributed by atoms with E-state index in [2.05, 4.69) is 38.6 Å². The van der Waals surface area contributed by atoms with E-state index in [-0.39, 0.29) is 5.91 Å². The molecule has 0 bridgehead atoms. The number of nitrogens with zero attached hydrogens (tertiary/aromatic N) is 4. The lowest BCUT2D eigenvalue weighted by atomic mass is 10.1. The summed E-state index contributed by atoms with van der Waals surface area (Å²) in [7, 11) is 0. The number of rotatable bonds is 4. The predicted octanol–water partition coefficient (Wildman–Crippen LogP) is 2.92. The number of aryl methyl sites for hydroxylation is 2. The van der Waals surface area contributed by atoms with Crippen molar-refractivity contribution >= 4 is 17.2 Å². The molecule has 0 unspecified atom stereocenters. The number of aromatic nitrogens is 2. The van der Waals surface area contributed by atoms with Crippen LogP contribution < -0.4 is 4.90 Å². The summed E-state index contributed by atoms with van der Waals surface area (Å²) in [6.45, 7) is 5.39. The lowest BCUT2D eigenvalue weighted by Crippen LogP contribution is -2.48. The van der Waals surface area contributed by atoms with Gasteiger partial charge in [-0.25, -0.2) is 4.98 Å². The maximum absolute atomic E-state index is 12.7. The van der Waals surface area contributed by atoms with Crippen LogP contribution in [0.2, 0.25) is 0 Å². The van der Waals surface area contributed by atoms with Crippen LogP contribution in [-0.4, -0.2) is 46.4 Å². The van der Waals surface area contributed by atoms with Crippen molar-refractivity contribution in [2.75, 3.05) is 31.1 Å². The monoisotopic (exact) mass is 348 g/mol. The molecule has 5 nitrogen and oxygen atoms in total. The van der Waals surface area contributed by atoms with Crippen molar-refractivity contribution in [2.45, 2.75) is 19.8 Å². The Kier molecular flexibility index (Phi) is 4.61. The molecule has 3 heterocycles. The molecule has 0 aliphatic carbocycles. The van der Waals surface area contributed by atoms with Gasteiger partial charge in [0.25, 0.3) is 0 Å². The molecule has 1 amide bonds. The molecule has 5 heteroatoms. The fourth-order valence-corrected chi connectivity index (χ4v) is 3.70. The second-order valence-electron chi connectivity index (χ2n) is 6.78. The van der Waals surface area contributed by atoms with E-state index in [1.807, 2.05) is 42.3 Å². The highest BCUT2D eigenvalue weighted by Crippen LogP contribution is 2.17. The zero-order chi connectivity index (χ0) is 17.9. The van der Waals surface area contributed by atoms with Crippen molar-refractivity contribution < 1.29 is 4.79 Å². The zero-order valence-electron chi connectivity index (χ0n) is 15.1. The number of benzene rings is 1. The molecule has 2 aromatic heterocycles. The molecule has 0 radical (unpaired) electrons. The highest BCUT2D eigenvalue weighted by atomic mass is 16.2. The largest absolute Gasteiger partial charge is 0.368 e. The van der Waals surface area contributed by atoms with Crippen molar-refractivity contribution in [3.63, 3.8) is 0 Å². The van der Waals surface area contributed by atoms with E-state index in [4.69, 9.17) is 0 Å². The summed E-state index contributed by atoms with van der Waals surface area (Å²) >= 11 is 0. The molecular formula is C21H24N4O. The van der Waals surface area contributed by atoms with Gasteiger partial charge in [0.15, 0.2) is 0 Å². The molecule has 0 N–H and O–H groups in total. The second kappa shape index (κ2) is 7.20. The van der Waals surface area contributed by atoms with Gasteiger partial charge in [-0.2, -0.15) is 0 Å². The predicted molar refractivity (Wildman–Crippen MR) is 103 cm³/mol. The number of para-hydroxylation sites is 1. The van der Waals surface area contributed by atoms with E-state index in [0.29, 0.717) is 6.42 Å². The van der Waals surface area contributed by atoms with Gasteiger partial charge in [-0.1, -0.05) is 24.3 Å². The summed E-state index contributed by atoms with van der Waals surface area (Å²) in [5.74, 6) is 0.239. The lowest BCUT2D eigenvalue weighted by molar-refractivity contribution is -0.131. The van der Waals surface area contributed by atoms with Crippen LogP contribution in [0.25, 0.3) is 5.65 Å². The number of hydrogen-bond donors (Lipinski definition) is 0. The fraction of sp³-hybridized carbons (Fsp3) is 0.333. The van der Waals surface area contributed by atoms with Gasteiger partial charge >= 0.3 is 0 Å². The van der Waals surface area contributed by atoms with Gasteiger partial charge in [0.2, 0.25) is 5.91 Å². The molecule has 1 aromatic carbocycles. The minimum Gasteiger partial charge on any atom is -0.368 e. The van der Waals surface area contributed by atoms with Crippen LogP contribution in [0.3, 0.4) is 0 Å². The van der Waals surface area contributed by atoms with Crippen molar-refractivity contribution in [1.82, 2.24) is 14.3 Å². The third kappa shape index (κ3) is 3.29. The van der Waals surface area contributed by atoms with Crippen LogP contribution in [0.5, 0.6) is 0 Å². The SMILES string of the molecule is Cc1nc2ccccn2c1CCC(=O)N1CCN(c2ccccc2)CC1. The Morgan fingerprint density at radius 2 is 1.73 bits per heavy atom. The molecule has 1 aliphatic rings. The van der Waals surface area contributed by atoms with Crippen LogP contribution in [-0.2, 0) is 11.2 Å². The van der Waals surface area contributed by atoms with Gasteiger partial charge in [0.05, 0.1) is 5.69 Å². The first kappa shape index (κ1) is 16.6. The first-order valence-corrected chi connectivity index (χ1v) is 9.23. The maximum Gasteiger partial charge on any atom is 0.223 e. The van der Waals surface area contributed by atoms with Crippen LogP contribution in [0.4, 0.5) is 5.69 Å². The molecule has 26 heavy (non-hydrogen) atoms. The van der Waals surface area contributed by atoms with Crippen LogP contribution >= 0.6 is 0 Å². The number of anilines is 1. The molecule has 1 fully saturated rings. The van der Waals surface area contributed by atoms with E-state index in [1.54, 1.807) is 0 Å². The summed E-state index contributed by atoms with van der Waals surface area (Å²) < 4.78 is 2.09. The number of carbonyl (C=O) groups is 1. The highest BCUT2D eigenvalue weighted by Gasteiger charge is 2.21. The average Bonchev–Trinajstić information content (AvgIpc) is 3.02. The standard InChI is InChI=1S/C21H24N4O/c1-17-19(25-12-6-5-9-20(25)22-17)10-11-21(26)24-15-13-23(14-16-24)18-7-3-2-4-8-18/h2-9,12H,10-11,13-16H2,1H3. The minimum absolute atomic E-state index is 0.239. The summed E-state index contributed by atoms with van der Waals surface area (Å²) in [5, 5.41) is 0. The smallest absolute Gasteiger partial charge is 0.223 e. The number of imidazole rings is 1. The molecule has 134 valence electrons. The Hall–Kier alpha value is -2.82. The number of amides is 1. The first-order valence-electron chi connectivity index (χ1n) is 9.23. The number of carbonyl (C=O) groups excluding carboxylic acids is 1.